The first kappa shape index (κ1) is 19.3. The number of ether oxygens (including phenoxy) is 3. The molecule has 3 aromatic carbocycles. The van der Waals surface area contributed by atoms with E-state index in [0.29, 0.717) is 35.1 Å². The van der Waals surface area contributed by atoms with E-state index in [9.17, 15) is 4.79 Å². The highest BCUT2D eigenvalue weighted by Gasteiger charge is 2.13. The zero-order valence-electron chi connectivity index (χ0n) is 16.2. The molecule has 144 valence electrons. The van der Waals surface area contributed by atoms with E-state index in [1.54, 1.807) is 32.4 Å². The molecule has 0 bridgehead atoms. The molecule has 0 fully saturated rings. The number of carbonyl (C=O) groups is 1. The van der Waals surface area contributed by atoms with Crippen molar-refractivity contribution in [2.75, 3.05) is 19.5 Å². The van der Waals surface area contributed by atoms with Crippen LogP contribution in [0.5, 0.6) is 17.2 Å². The van der Waals surface area contributed by atoms with Crippen molar-refractivity contribution in [3.8, 4) is 17.2 Å². The largest absolute Gasteiger partial charge is 0.497 e. The van der Waals surface area contributed by atoms with Gasteiger partial charge in [0.1, 0.15) is 23.9 Å². The lowest BCUT2D eigenvalue weighted by molar-refractivity contribution is 0.102. The summed E-state index contributed by atoms with van der Waals surface area (Å²) >= 11 is 0. The highest BCUT2D eigenvalue weighted by atomic mass is 16.5. The highest BCUT2D eigenvalue weighted by molar-refractivity contribution is 6.05. The van der Waals surface area contributed by atoms with Crippen LogP contribution in [0.1, 0.15) is 21.5 Å². The number of methoxy groups -OCH3 is 2. The molecule has 0 saturated heterocycles. The Morgan fingerprint density at radius 3 is 2.21 bits per heavy atom. The van der Waals surface area contributed by atoms with Crippen LogP contribution in [-0.4, -0.2) is 20.1 Å². The fraction of sp³-hybridized carbons (Fsp3) is 0.174. The van der Waals surface area contributed by atoms with E-state index in [-0.39, 0.29) is 5.91 Å². The van der Waals surface area contributed by atoms with Gasteiger partial charge in [0, 0.05) is 11.6 Å². The molecule has 0 aliphatic heterocycles. The summed E-state index contributed by atoms with van der Waals surface area (Å²) in [6, 6.07) is 20.6. The first-order valence-electron chi connectivity index (χ1n) is 8.91. The third kappa shape index (κ3) is 4.82. The molecule has 0 saturated carbocycles. The zero-order valence-corrected chi connectivity index (χ0v) is 16.2. The lowest BCUT2D eigenvalue weighted by atomic mass is 10.1. The van der Waals surface area contributed by atoms with E-state index in [1.807, 2.05) is 55.5 Å². The van der Waals surface area contributed by atoms with Gasteiger partial charge in [-0.2, -0.15) is 0 Å². The quantitative estimate of drug-likeness (QED) is 0.640. The van der Waals surface area contributed by atoms with E-state index in [1.165, 1.54) is 0 Å². The normalized spacial score (nSPS) is 10.2. The Balaban J connectivity index is 1.81. The molecule has 0 aromatic heterocycles. The first-order valence-corrected chi connectivity index (χ1v) is 8.91. The predicted molar refractivity (Wildman–Crippen MR) is 109 cm³/mol. The minimum atomic E-state index is -0.273. The van der Waals surface area contributed by atoms with Crippen molar-refractivity contribution >= 4 is 11.6 Å². The van der Waals surface area contributed by atoms with Crippen molar-refractivity contribution in [2.45, 2.75) is 13.5 Å². The van der Waals surface area contributed by atoms with Crippen LogP contribution in [0.3, 0.4) is 0 Å². The number of anilines is 1. The Kier molecular flexibility index (Phi) is 6.17. The Morgan fingerprint density at radius 2 is 1.57 bits per heavy atom. The lowest BCUT2D eigenvalue weighted by Crippen LogP contribution is -2.13. The molecule has 0 spiro atoms. The molecule has 0 aliphatic rings. The smallest absolute Gasteiger partial charge is 0.256 e. The van der Waals surface area contributed by atoms with Gasteiger partial charge in [-0.1, -0.05) is 36.4 Å². The summed E-state index contributed by atoms with van der Waals surface area (Å²) in [4.78, 5) is 12.8. The molecule has 0 radical (unpaired) electrons. The molecule has 3 aromatic rings. The molecule has 28 heavy (non-hydrogen) atoms. The standard InChI is InChI=1S/C23H23NO4/c1-16-9-10-21(22(11-16)28-15-17-7-5-4-6-8-17)24-23(25)18-12-19(26-2)14-20(13-18)27-3/h4-14H,15H2,1-3H3,(H,24,25). The van der Waals surface area contributed by atoms with E-state index in [4.69, 9.17) is 14.2 Å². The monoisotopic (exact) mass is 377 g/mol. The Hall–Kier alpha value is -3.47. The van der Waals surface area contributed by atoms with Crippen LogP contribution in [0, 0.1) is 6.92 Å². The number of aryl methyl sites for hydroxylation is 1. The van der Waals surface area contributed by atoms with Gasteiger partial charge in [0.15, 0.2) is 0 Å². The van der Waals surface area contributed by atoms with E-state index >= 15 is 0 Å². The molecule has 3 rings (SSSR count). The number of rotatable bonds is 7. The van der Waals surface area contributed by atoms with Crippen molar-refractivity contribution < 1.29 is 19.0 Å². The molecule has 0 heterocycles. The van der Waals surface area contributed by atoms with Gasteiger partial charge < -0.3 is 19.5 Å². The van der Waals surface area contributed by atoms with Crippen LogP contribution in [0.2, 0.25) is 0 Å². The molecule has 5 heteroatoms. The number of amides is 1. The minimum Gasteiger partial charge on any atom is -0.497 e. The number of carbonyl (C=O) groups excluding carboxylic acids is 1. The molecule has 1 amide bonds. The second-order valence-electron chi connectivity index (χ2n) is 6.33. The molecular formula is C23H23NO4. The van der Waals surface area contributed by atoms with Crippen molar-refractivity contribution in [1.82, 2.24) is 0 Å². The molecule has 0 unspecified atom stereocenters. The van der Waals surface area contributed by atoms with Gasteiger partial charge in [-0.15, -0.1) is 0 Å². The van der Waals surface area contributed by atoms with Crippen molar-refractivity contribution in [3.05, 3.63) is 83.4 Å². The number of benzene rings is 3. The maximum Gasteiger partial charge on any atom is 0.256 e. The molecule has 5 nitrogen and oxygen atoms in total. The van der Waals surface area contributed by atoms with Gasteiger partial charge in [-0.3, -0.25) is 4.79 Å². The summed E-state index contributed by atoms with van der Waals surface area (Å²) in [5, 5.41) is 2.92. The topological polar surface area (TPSA) is 56.8 Å². The van der Waals surface area contributed by atoms with E-state index in [2.05, 4.69) is 5.32 Å². The molecule has 0 atom stereocenters. The lowest BCUT2D eigenvalue weighted by Gasteiger charge is -2.14. The zero-order chi connectivity index (χ0) is 19.9. The average molecular weight is 377 g/mol. The van der Waals surface area contributed by atoms with Crippen LogP contribution >= 0.6 is 0 Å². The van der Waals surface area contributed by atoms with Gasteiger partial charge in [0.25, 0.3) is 5.91 Å². The number of hydrogen-bond acceptors (Lipinski definition) is 4. The van der Waals surface area contributed by atoms with Crippen LogP contribution in [0.4, 0.5) is 5.69 Å². The van der Waals surface area contributed by atoms with Crippen LogP contribution < -0.4 is 19.5 Å². The Morgan fingerprint density at radius 1 is 0.893 bits per heavy atom. The van der Waals surface area contributed by atoms with Crippen LogP contribution in [0.15, 0.2) is 66.7 Å². The highest BCUT2D eigenvalue weighted by Crippen LogP contribution is 2.28. The second-order valence-corrected chi connectivity index (χ2v) is 6.33. The van der Waals surface area contributed by atoms with Crippen LogP contribution in [-0.2, 0) is 6.61 Å². The minimum absolute atomic E-state index is 0.273. The van der Waals surface area contributed by atoms with Gasteiger partial charge in [-0.05, 0) is 42.3 Å². The van der Waals surface area contributed by atoms with E-state index in [0.717, 1.165) is 11.1 Å². The predicted octanol–water partition coefficient (Wildman–Crippen LogP) is 4.84. The average Bonchev–Trinajstić information content (AvgIpc) is 2.74. The van der Waals surface area contributed by atoms with E-state index < -0.39 is 0 Å². The van der Waals surface area contributed by atoms with Crippen molar-refractivity contribution in [1.29, 1.82) is 0 Å². The maximum atomic E-state index is 12.8. The number of hydrogen-bond donors (Lipinski definition) is 1. The SMILES string of the molecule is COc1cc(OC)cc(C(=O)Nc2ccc(C)cc2OCc2ccccc2)c1. The van der Waals surface area contributed by atoms with Gasteiger partial charge in [-0.25, -0.2) is 0 Å². The van der Waals surface area contributed by atoms with Crippen LogP contribution in [0.25, 0.3) is 0 Å². The Bertz CT molecular complexity index is 932. The van der Waals surface area contributed by atoms with Gasteiger partial charge in [0.2, 0.25) is 0 Å². The first-order chi connectivity index (χ1) is 13.6. The summed E-state index contributed by atoms with van der Waals surface area (Å²) in [6.07, 6.45) is 0. The summed E-state index contributed by atoms with van der Waals surface area (Å²) in [5.41, 5.74) is 3.14. The van der Waals surface area contributed by atoms with Crippen molar-refractivity contribution in [2.24, 2.45) is 0 Å². The van der Waals surface area contributed by atoms with Crippen molar-refractivity contribution in [3.63, 3.8) is 0 Å². The summed E-state index contributed by atoms with van der Waals surface area (Å²) < 4.78 is 16.4. The number of nitrogens with one attached hydrogen (secondary N) is 1. The third-order valence-corrected chi connectivity index (χ3v) is 4.24. The fourth-order valence-corrected chi connectivity index (χ4v) is 2.72. The summed E-state index contributed by atoms with van der Waals surface area (Å²) in [5.74, 6) is 1.44. The molecule has 0 aliphatic carbocycles. The van der Waals surface area contributed by atoms with Gasteiger partial charge >= 0.3 is 0 Å². The van der Waals surface area contributed by atoms with Gasteiger partial charge in [0.05, 0.1) is 19.9 Å². The Labute approximate surface area is 164 Å². The molecule has 1 N–H and O–H groups in total. The second kappa shape index (κ2) is 8.95. The fourth-order valence-electron chi connectivity index (χ4n) is 2.72. The maximum absolute atomic E-state index is 12.8. The molecular weight excluding hydrogens is 354 g/mol. The summed E-state index contributed by atoms with van der Waals surface area (Å²) in [6.45, 7) is 2.40. The summed E-state index contributed by atoms with van der Waals surface area (Å²) in [7, 11) is 3.10. The third-order valence-electron chi connectivity index (χ3n) is 4.24.